The Labute approximate surface area is 146 Å². The molecule has 1 spiro atoms. The molecule has 0 aromatic heterocycles. The van der Waals surface area contributed by atoms with Crippen molar-refractivity contribution in [2.45, 2.75) is 96.7 Å². The molecule has 24 heavy (non-hydrogen) atoms. The summed E-state index contributed by atoms with van der Waals surface area (Å²) >= 11 is 0. The van der Waals surface area contributed by atoms with E-state index in [9.17, 15) is 9.90 Å². The first kappa shape index (κ1) is 16.9. The predicted octanol–water partition coefficient (Wildman–Crippen LogP) is 4.47. The third kappa shape index (κ3) is 2.15. The zero-order valence-corrected chi connectivity index (χ0v) is 15.9. The van der Waals surface area contributed by atoms with E-state index >= 15 is 0 Å². The van der Waals surface area contributed by atoms with Crippen molar-refractivity contribution in [2.75, 3.05) is 0 Å². The number of fused-ring (bicyclic) bond motifs is 3. The highest BCUT2D eigenvalue weighted by molar-refractivity contribution is 5.66. The zero-order chi connectivity index (χ0) is 17.4. The van der Waals surface area contributed by atoms with Crippen molar-refractivity contribution in [1.29, 1.82) is 0 Å². The van der Waals surface area contributed by atoms with Gasteiger partial charge in [0.1, 0.15) is 5.60 Å². The highest BCUT2D eigenvalue weighted by atomic mass is 16.6. The molecule has 0 amide bonds. The monoisotopic (exact) mass is 334 g/mol. The van der Waals surface area contributed by atoms with Gasteiger partial charge < -0.3 is 9.84 Å². The summed E-state index contributed by atoms with van der Waals surface area (Å²) in [6.07, 6.45) is 10.4. The van der Waals surface area contributed by atoms with Gasteiger partial charge in [-0.3, -0.25) is 4.79 Å². The molecule has 0 unspecified atom stereocenters. The first-order chi connectivity index (χ1) is 11.1. The number of hydrogen-bond acceptors (Lipinski definition) is 3. The van der Waals surface area contributed by atoms with Crippen LogP contribution in [0.3, 0.4) is 0 Å². The van der Waals surface area contributed by atoms with Crippen molar-refractivity contribution in [3.8, 4) is 0 Å². The van der Waals surface area contributed by atoms with E-state index in [-0.39, 0.29) is 17.0 Å². The lowest BCUT2D eigenvalue weighted by atomic mass is 9.43. The van der Waals surface area contributed by atoms with Crippen LogP contribution in [-0.2, 0) is 9.53 Å². The zero-order valence-electron chi connectivity index (χ0n) is 15.9. The number of aliphatic hydroxyl groups is 1. The summed E-state index contributed by atoms with van der Waals surface area (Å²) in [6, 6.07) is 0. The van der Waals surface area contributed by atoms with E-state index in [0.717, 1.165) is 25.7 Å². The maximum atomic E-state index is 11.7. The fourth-order valence-corrected chi connectivity index (χ4v) is 8.19. The summed E-state index contributed by atoms with van der Waals surface area (Å²) in [7, 11) is 0. The summed E-state index contributed by atoms with van der Waals surface area (Å²) in [5.41, 5.74) is -0.164. The van der Waals surface area contributed by atoms with E-state index < -0.39 is 5.60 Å². The average molecular weight is 335 g/mol. The van der Waals surface area contributed by atoms with Gasteiger partial charge in [-0.1, -0.05) is 6.92 Å². The van der Waals surface area contributed by atoms with Crippen LogP contribution in [0.15, 0.2) is 0 Å². The van der Waals surface area contributed by atoms with Crippen LogP contribution in [0.4, 0.5) is 0 Å². The first-order valence-corrected chi connectivity index (χ1v) is 10.0. The maximum Gasteiger partial charge on any atom is 0.303 e. The van der Waals surface area contributed by atoms with E-state index in [0.29, 0.717) is 23.2 Å². The van der Waals surface area contributed by atoms with Crippen molar-refractivity contribution < 1.29 is 14.6 Å². The minimum atomic E-state index is -0.466. The van der Waals surface area contributed by atoms with Gasteiger partial charge in [-0.25, -0.2) is 0 Å². The minimum Gasteiger partial charge on any atom is -0.459 e. The van der Waals surface area contributed by atoms with Gasteiger partial charge in [-0.15, -0.1) is 0 Å². The van der Waals surface area contributed by atoms with Crippen LogP contribution >= 0.6 is 0 Å². The Balaban J connectivity index is 1.69. The molecule has 3 heteroatoms. The molecular formula is C21H34O3. The van der Waals surface area contributed by atoms with E-state index in [1.54, 1.807) is 6.92 Å². The molecule has 0 heterocycles. The molecule has 2 bridgehead atoms. The van der Waals surface area contributed by atoms with Crippen LogP contribution in [-0.4, -0.2) is 22.3 Å². The van der Waals surface area contributed by atoms with Crippen LogP contribution in [0.1, 0.15) is 85.5 Å². The third-order valence-electron chi connectivity index (χ3n) is 8.81. The lowest BCUT2D eigenvalue weighted by molar-refractivity contribution is -0.204. The topological polar surface area (TPSA) is 46.5 Å². The minimum absolute atomic E-state index is 0.130. The van der Waals surface area contributed by atoms with E-state index in [4.69, 9.17) is 4.74 Å². The smallest absolute Gasteiger partial charge is 0.303 e. The molecule has 0 aliphatic heterocycles. The Morgan fingerprint density at radius 2 is 1.79 bits per heavy atom. The number of ether oxygens (including phenoxy) is 1. The molecule has 0 aromatic rings. The second-order valence-corrected chi connectivity index (χ2v) is 10.3. The number of hydrogen-bond donors (Lipinski definition) is 1. The first-order valence-electron chi connectivity index (χ1n) is 10.0. The van der Waals surface area contributed by atoms with Crippen molar-refractivity contribution in [1.82, 2.24) is 0 Å². The maximum absolute atomic E-state index is 11.7. The Kier molecular flexibility index (Phi) is 3.51. The van der Waals surface area contributed by atoms with Crippen molar-refractivity contribution >= 4 is 5.97 Å². The van der Waals surface area contributed by atoms with Crippen molar-refractivity contribution in [3.05, 3.63) is 0 Å². The molecule has 0 radical (unpaired) electrons. The second kappa shape index (κ2) is 4.99. The fourth-order valence-electron chi connectivity index (χ4n) is 8.19. The number of esters is 1. The van der Waals surface area contributed by atoms with Gasteiger partial charge in [0.25, 0.3) is 0 Å². The number of carbonyl (C=O) groups is 1. The van der Waals surface area contributed by atoms with Crippen molar-refractivity contribution in [2.24, 2.45) is 28.6 Å². The molecule has 7 atom stereocenters. The molecule has 4 fully saturated rings. The SMILES string of the molecule is CC(=O)O[C@]1(C)CCC[C@@]2(C)[C@H]3CC[C@@H]4C[C@@]3(CC[C@@H]21)C[C@@]4(C)O. The summed E-state index contributed by atoms with van der Waals surface area (Å²) in [5.74, 6) is 1.52. The molecule has 4 rings (SSSR count). The quantitative estimate of drug-likeness (QED) is 0.720. The van der Waals surface area contributed by atoms with Gasteiger partial charge in [0.05, 0.1) is 5.60 Å². The van der Waals surface area contributed by atoms with Crippen LogP contribution in [0.2, 0.25) is 0 Å². The van der Waals surface area contributed by atoms with Crippen LogP contribution < -0.4 is 0 Å². The standard InChI is InChI=1S/C21H34O3/c1-14(22)24-20(4)10-5-9-18(2)16(20)8-11-21-12-15(6-7-17(18)21)19(3,23)13-21/h15-17,23H,5-13H2,1-4H3/t15-,16+,17-,18-,19-,20-,21+/m1/s1. The van der Waals surface area contributed by atoms with Gasteiger partial charge in [-0.2, -0.15) is 0 Å². The van der Waals surface area contributed by atoms with E-state index in [2.05, 4.69) is 20.8 Å². The van der Waals surface area contributed by atoms with Crippen LogP contribution in [0, 0.1) is 28.6 Å². The molecule has 3 nitrogen and oxygen atoms in total. The molecular weight excluding hydrogens is 300 g/mol. The summed E-state index contributed by atoms with van der Waals surface area (Å²) in [4.78, 5) is 11.7. The predicted molar refractivity (Wildman–Crippen MR) is 93.4 cm³/mol. The molecule has 4 aliphatic rings. The number of carbonyl (C=O) groups excluding carboxylic acids is 1. The largest absolute Gasteiger partial charge is 0.459 e. The Morgan fingerprint density at radius 1 is 1.04 bits per heavy atom. The summed E-state index contributed by atoms with van der Waals surface area (Å²) in [5, 5.41) is 10.9. The van der Waals surface area contributed by atoms with E-state index in [1.165, 1.54) is 32.1 Å². The molecule has 1 N–H and O–H groups in total. The fraction of sp³-hybridized carbons (Fsp3) is 0.952. The summed E-state index contributed by atoms with van der Waals surface area (Å²) < 4.78 is 5.92. The molecule has 0 saturated heterocycles. The van der Waals surface area contributed by atoms with Gasteiger partial charge in [0.15, 0.2) is 0 Å². The Bertz CT molecular complexity index is 555. The second-order valence-electron chi connectivity index (χ2n) is 10.3. The van der Waals surface area contributed by atoms with Gasteiger partial charge in [0, 0.05) is 12.8 Å². The highest BCUT2D eigenvalue weighted by Crippen LogP contribution is 2.72. The average Bonchev–Trinajstić information content (AvgIpc) is 2.62. The molecule has 0 aromatic carbocycles. The van der Waals surface area contributed by atoms with Crippen LogP contribution in [0.5, 0.6) is 0 Å². The third-order valence-corrected chi connectivity index (χ3v) is 8.81. The molecule has 4 aliphatic carbocycles. The Hall–Kier alpha value is -0.570. The van der Waals surface area contributed by atoms with Gasteiger partial charge in [-0.05, 0) is 94.3 Å². The Morgan fingerprint density at radius 3 is 2.50 bits per heavy atom. The van der Waals surface area contributed by atoms with Crippen molar-refractivity contribution in [3.63, 3.8) is 0 Å². The summed E-state index contributed by atoms with van der Waals surface area (Å²) in [6.45, 7) is 8.30. The number of rotatable bonds is 1. The van der Waals surface area contributed by atoms with Crippen LogP contribution in [0.25, 0.3) is 0 Å². The van der Waals surface area contributed by atoms with E-state index in [1.807, 2.05) is 0 Å². The molecule has 4 saturated carbocycles. The highest BCUT2D eigenvalue weighted by Gasteiger charge is 2.67. The lowest BCUT2D eigenvalue weighted by Gasteiger charge is -2.63. The lowest BCUT2D eigenvalue weighted by Crippen LogP contribution is -2.59. The normalized spacial score (nSPS) is 56.3. The van der Waals surface area contributed by atoms with Gasteiger partial charge >= 0.3 is 5.97 Å². The van der Waals surface area contributed by atoms with Gasteiger partial charge in [0.2, 0.25) is 0 Å². The molecule has 136 valence electrons.